The molecule has 0 fully saturated rings. The van der Waals surface area contributed by atoms with Gasteiger partial charge in [0, 0.05) is 5.75 Å². The molecule has 0 aromatic carbocycles. The van der Waals surface area contributed by atoms with Crippen LogP contribution in [0.5, 0.6) is 0 Å². The molecule has 20 heavy (non-hydrogen) atoms. The van der Waals surface area contributed by atoms with Crippen molar-refractivity contribution in [3.8, 4) is 0 Å². The molecule has 0 aromatic rings. The SMILES string of the molecule is CC(O)C(N)C(=O)NC(CS)C(=O)NC(CO)C(=O)O. The van der Waals surface area contributed by atoms with Crippen LogP contribution in [0.4, 0.5) is 0 Å². The van der Waals surface area contributed by atoms with Crippen LogP contribution in [-0.2, 0) is 14.4 Å². The Balaban J connectivity index is 4.64. The van der Waals surface area contributed by atoms with Gasteiger partial charge in [0.25, 0.3) is 0 Å². The summed E-state index contributed by atoms with van der Waals surface area (Å²) in [6.07, 6.45) is -1.11. The van der Waals surface area contributed by atoms with E-state index in [1.807, 2.05) is 5.32 Å². The van der Waals surface area contributed by atoms with Crippen molar-refractivity contribution in [3.63, 3.8) is 0 Å². The van der Waals surface area contributed by atoms with Crippen LogP contribution in [-0.4, -0.2) is 69.7 Å². The highest BCUT2D eigenvalue weighted by molar-refractivity contribution is 7.80. The van der Waals surface area contributed by atoms with Gasteiger partial charge in [-0.1, -0.05) is 0 Å². The molecule has 0 saturated carbocycles. The number of carboxylic acids is 1. The minimum Gasteiger partial charge on any atom is -0.480 e. The zero-order valence-electron chi connectivity index (χ0n) is 10.8. The predicted octanol–water partition coefficient (Wildman–Crippen LogP) is -3.33. The number of carbonyl (C=O) groups is 3. The third kappa shape index (κ3) is 5.74. The molecule has 9 nitrogen and oxygen atoms in total. The number of aliphatic hydroxyl groups excluding tert-OH is 2. The second kappa shape index (κ2) is 8.74. The molecule has 0 aliphatic carbocycles. The summed E-state index contributed by atoms with van der Waals surface area (Å²) in [4.78, 5) is 34.0. The molecular formula is C10H19N3O6S. The lowest BCUT2D eigenvalue weighted by molar-refractivity contribution is -0.143. The van der Waals surface area contributed by atoms with Gasteiger partial charge < -0.3 is 31.7 Å². The van der Waals surface area contributed by atoms with E-state index in [-0.39, 0.29) is 5.75 Å². The molecule has 0 saturated heterocycles. The molecule has 116 valence electrons. The Kier molecular flexibility index (Phi) is 8.15. The number of carboxylic acid groups (broad SMARTS) is 1. The highest BCUT2D eigenvalue weighted by Gasteiger charge is 2.27. The van der Waals surface area contributed by atoms with E-state index >= 15 is 0 Å². The van der Waals surface area contributed by atoms with Crippen molar-refractivity contribution >= 4 is 30.4 Å². The molecule has 0 radical (unpaired) electrons. The number of hydrogen-bond donors (Lipinski definition) is 7. The number of rotatable bonds is 8. The Bertz CT molecular complexity index is 365. The summed E-state index contributed by atoms with van der Waals surface area (Å²) in [5, 5.41) is 30.9. The van der Waals surface area contributed by atoms with Gasteiger partial charge in [0.2, 0.25) is 11.8 Å². The van der Waals surface area contributed by atoms with Crippen LogP contribution in [0.25, 0.3) is 0 Å². The summed E-state index contributed by atoms with van der Waals surface area (Å²) in [6.45, 7) is 0.522. The Labute approximate surface area is 120 Å². The molecule has 0 heterocycles. The molecule has 0 aliphatic heterocycles. The monoisotopic (exact) mass is 309 g/mol. The van der Waals surface area contributed by atoms with Gasteiger partial charge in [0.1, 0.15) is 18.1 Å². The van der Waals surface area contributed by atoms with Crippen molar-refractivity contribution < 1.29 is 29.7 Å². The quantitative estimate of drug-likeness (QED) is 0.231. The first-order valence-electron chi connectivity index (χ1n) is 5.73. The number of carbonyl (C=O) groups excluding carboxylic acids is 2. The normalized spacial score (nSPS) is 16.6. The van der Waals surface area contributed by atoms with Gasteiger partial charge in [-0.05, 0) is 6.92 Å². The minimum atomic E-state index is -1.48. The molecule has 0 aliphatic rings. The molecule has 10 heteroatoms. The van der Waals surface area contributed by atoms with Crippen molar-refractivity contribution in [3.05, 3.63) is 0 Å². The molecule has 7 N–H and O–H groups in total. The number of nitrogens with two attached hydrogens (primary N) is 1. The Morgan fingerprint density at radius 3 is 2.05 bits per heavy atom. The molecule has 0 aromatic heterocycles. The second-order valence-corrected chi connectivity index (χ2v) is 4.46. The first-order chi connectivity index (χ1) is 9.24. The number of nitrogens with one attached hydrogen (secondary N) is 2. The highest BCUT2D eigenvalue weighted by atomic mass is 32.1. The molecule has 2 amide bonds. The van der Waals surface area contributed by atoms with Crippen LogP contribution in [0.3, 0.4) is 0 Å². The van der Waals surface area contributed by atoms with Crippen molar-refractivity contribution in [2.24, 2.45) is 5.73 Å². The van der Waals surface area contributed by atoms with Gasteiger partial charge in [0.15, 0.2) is 0 Å². The van der Waals surface area contributed by atoms with E-state index in [1.54, 1.807) is 0 Å². The lowest BCUT2D eigenvalue weighted by Crippen LogP contribution is -2.57. The summed E-state index contributed by atoms with van der Waals surface area (Å²) in [6, 6.07) is -3.84. The van der Waals surface area contributed by atoms with E-state index in [4.69, 9.17) is 21.1 Å². The number of hydrogen-bond acceptors (Lipinski definition) is 7. The molecule has 0 spiro atoms. The summed E-state index contributed by atoms with van der Waals surface area (Å²) in [7, 11) is 0. The zero-order chi connectivity index (χ0) is 15.9. The molecular weight excluding hydrogens is 290 g/mol. The summed E-state index contributed by atoms with van der Waals surface area (Å²) < 4.78 is 0. The number of amides is 2. The third-order valence-corrected chi connectivity index (χ3v) is 2.80. The van der Waals surface area contributed by atoms with E-state index in [2.05, 4.69) is 17.9 Å². The van der Waals surface area contributed by atoms with Gasteiger partial charge in [-0.25, -0.2) is 4.79 Å². The maximum atomic E-state index is 11.7. The smallest absolute Gasteiger partial charge is 0.328 e. The first-order valence-corrected chi connectivity index (χ1v) is 6.36. The maximum Gasteiger partial charge on any atom is 0.328 e. The maximum absolute atomic E-state index is 11.7. The fraction of sp³-hybridized carbons (Fsp3) is 0.700. The molecule has 4 unspecified atom stereocenters. The summed E-state index contributed by atoms with van der Waals surface area (Å²) in [5.74, 6) is -3.12. The average Bonchev–Trinajstić information content (AvgIpc) is 2.39. The van der Waals surface area contributed by atoms with Gasteiger partial charge in [-0.3, -0.25) is 9.59 Å². The van der Waals surface area contributed by atoms with E-state index in [0.29, 0.717) is 0 Å². The van der Waals surface area contributed by atoms with Gasteiger partial charge >= 0.3 is 5.97 Å². The van der Waals surface area contributed by atoms with Crippen molar-refractivity contribution in [2.45, 2.75) is 31.2 Å². The third-order valence-electron chi connectivity index (χ3n) is 2.44. The van der Waals surface area contributed by atoms with Crippen LogP contribution in [0.15, 0.2) is 0 Å². The fourth-order valence-electron chi connectivity index (χ4n) is 1.14. The van der Waals surface area contributed by atoms with E-state index in [0.717, 1.165) is 0 Å². The van der Waals surface area contributed by atoms with Crippen LogP contribution in [0.1, 0.15) is 6.92 Å². The van der Waals surface area contributed by atoms with Crippen molar-refractivity contribution in [1.82, 2.24) is 10.6 Å². The second-order valence-electron chi connectivity index (χ2n) is 4.09. The lowest BCUT2D eigenvalue weighted by atomic mass is 10.1. The fourth-order valence-corrected chi connectivity index (χ4v) is 1.40. The predicted molar refractivity (Wildman–Crippen MR) is 72.1 cm³/mol. The Morgan fingerprint density at radius 2 is 1.70 bits per heavy atom. The van der Waals surface area contributed by atoms with E-state index in [1.165, 1.54) is 6.92 Å². The molecule has 0 rings (SSSR count). The van der Waals surface area contributed by atoms with Gasteiger partial charge in [0.05, 0.1) is 12.7 Å². The number of aliphatic hydroxyl groups is 2. The highest BCUT2D eigenvalue weighted by Crippen LogP contribution is 1.95. The summed E-state index contributed by atoms with van der Waals surface area (Å²) in [5.41, 5.74) is 5.39. The van der Waals surface area contributed by atoms with Crippen LogP contribution < -0.4 is 16.4 Å². The van der Waals surface area contributed by atoms with Crippen molar-refractivity contribution in [2.75, 3.05) is 12.4 Å². The first kappa shape index (κ1) is 18.6. The zero-order valence-corrected chi connectivity index (χ0v) is 11.7. The van der Waals surface area contributed by atoms with Gasteiger partial charge in [-0.2, -0.15) is 12.6 Å². The Hall–Kier alpha value is -1.36. The average molecular weight is 309 g/mol. The summed E-state index contributed by atoms with van der Waals surface area (Å²) >= 11 is 3.86. The minimum absolute atomic E-state index is 0.109. The van der Waals surface area contributed by atoms with Crippen LogP contribution in [0.2, 0.25) is 0 Å². The largest absolute Gasteiger partial charge is 0.480 e. The standard InChI is InChI=1S/C10H19N3O6S/c1-4(15)7(11)9(17)13-6(3-20)8(16)12-5(2-14)10(18)19/h4-7,14-15,20H,2-3,11H2,1H3,(H,12,16)(H,13,17)(H,18,19). The van der Waals surface area contributed by atoms with Crippen LogP contribution in [0, 0.1) is 0 Å². The topological polar surface area (TPSA) is 162 Å². The van der Waals surface area contributed by atoms with E-state index in [9.17, 15) is 14.4 Å². The van der Waals surface area contributed by atoms with E-state index < -0.39 is 48.6 Å². The Morgan fingerprint density at radius 1 is 1.20 bits per heavy atom. The number of aliphatic carboxylic acids is 1. The van der Waals surface area contributed by atoms with Crippen LogP contribution >= 0.6 is 12.6 Å². The molecule has 0 bridgehead atoms. The van der Waals surface area contributed by atoms with Crippen molar-refractivity contribution in [1.29, 1.82) is 0 Å². The van der Waals surface area contributed by atoms with Gasteiger partial charge in [-0.15, -0.1) is 0 Å². The lowest BCUT2D eigenvalue weighted by Gasteiger charge is -2.21. The molecule has 4 atom stereocenters. The number of thiol groups is 1.